The second-order valence-electron chi connectivity index (χ2n) is 6.63. The van der Waals surface area contributed by atoms with E-state index in [2.05, 4.69) is 43.5 Å². The van der Waals surface area contributed by atoms with Crippen molar-refractivity contribution in [2.45, 2.75) is 45.1 Å². The van der Waals surface area contributed by atoms with E-state index in [0.717, 1.165) is 12.0 Å². The van der Waals surface area contributed by atoms with Crippen molar-refractivity contribution in [3.63, 3.8) is 0 Å². The third kappa shape index (κ3) is 4.19. The number of hydrogen-bond acceptors (Lipinski definition) is 2. The highest BCUT2D eigenvalue weighted by Crippen LogP contribution is 2.29. The molecule has 0 aromatic carbocycles. The van der Waals surface area contributed by atoms with Crippen LogP contribution in [0, 0.1) is 5.92 Å². The largest absolute Gasteiger partial charge is 0.306 e. The van der Waals surface area contributed by atoms with Crippen LogP contribution in [0.5, 0.6) is 0 Å². The van der Waals surface area contributed by atoms with Gasteiger partial charge >= 0.3 is 0 Å². The van der Waals surface area contributed by atoms with Gasteiger partial charge in [0.1, 0.15) is 0 Å². The van der Waals surface area contributed by atoms with Crippen molar-refractivity contribution in [2.24, 2.45) is 5.92 Å². The van der Waals surface area contributed by atoms with Crippen LogP contribution in [0.15, 0.2) is 23.8 Å². The van der Waals surface area contributed by atoms with E-state index < -0.39 is 0 Å². The molecule has 2 heteroatoms. The lowest BCUT2D eigenvalue weighted by atomic mass is 9.85. The SMILES string of the molecule is C=C(C)[C@H]1CC=C(CN(C)C2CCN(C)CC2)CC1. The van der Waals surface area contributed by atoms with E-state index in [1.807, 2.05) is 0 Å². The van der Waals surface area contributed by atoms with E-state index >= 15 is 0 Å². The molecule has 19 heavy (non-hydrogen) atoms. The summed E-state index contributed by atoms with van der Waals surface area (Å²) in [5.74, 6) is 0.734. The number of rotatable bonds is 4. The molecule has 2 nitrogen and oxygen atoms in total. The van der Waals surface area contributed by atoms with E-state index in [1.165, 1.54) is 57.3 Å². The Hall–Kier alpha value is -0.600. The molecule has 1 saturated heterocycles. The van der Waals surface area contributed by atoms with Crippen LogP contribution in [0.3, 0.4) is 0 Å². The minimum absolute atomic E-state index is 0.734. The molecule has 0 unspecified atom stereocenters. The summed E-state index contributed by atoms with van der Waals surface area (Å²) in [5.41, 5.74) is 3.01. The summed E-state index contributed by atoms with van der Waals surface area (Å²) in [6.45, 7) is 9.97. The van der Waals surface area contributed by atoms with Crippen LogP contribution in [-0.4, -0.2) is 49.6 Å². The molecule has 1 aliphatic heterocycles. The second-order valence-corrected chi connectivity index (χ2v) is 6.63. The maximum atomic E-state index is 4.10. The van der Waals surface area contributed by atoms with Gasteiger partial charge in [-0.05, 0) is 72.1 Å². The Kier molecular flexibility index (Phi) is 5.23. The highest BCUT2D eigenvalue weighted by Gasteiger charge is 2.22. The molecule has 1 atom stereocenters. The molecule has 0 amide bonds. The molecule has 0 aromatic rings. The van der Waals surface area contributed by atoms with Crippen LogP contribution < -0.4 is 0 Å². The maximum absolute atomic E-state index is 4.10. The summed E-state index contributed by atoms with van der Waals surface area (Å²) in [7, 11) is 4.54. The van der Waals surface area contributed by atoms with E-state index in [9.17, 15) is 0 Å². The molecule has 0 N–H and O–H groups in total. The number of nitrogens with zero attached hydrogens (tertiary/aromatic N) is 2. The van der Waals surface area contributed by atoms with Crippen molar-refractivity contribution in [2.75, 3.05) is 33.7 Å². The predicted molar refractivity (Wildman–Crippen MR) is 83.4 cm³/mol. The fourth-order valence-corrected chi connectivity index (χ4v) is 3.36. The van der Waals surface area contributed by atoms with Crippen molar-refractivity contribution < 1.29 is 0 Å². The van der Waals surface area contributed by atoms with E-state index in [4.69, 9.17) is 0 Å². The Morgan fingerprint density at radius 1 is 1.37 bits per heavy atom. The van der Waals surface area contributed by atoms with Crippen LogP contribution in [0.4, 0.5) is 0 Å². The molecule has 0 aromatic heterocycles. The van der Waals surface area contributed by atoms with Gasteiger partial charge in [-0.1, -0.05) is 23.8 Å². The van der Waals surface area contributed by atoms with E-state index in [0.29, 0.717) is 0 Å². The third-order valence-electron chi connectivity index (χ3n) is 4.97. The topological polar surface area (TPSA) is 6.48 Å². The number of piperidine rings is 1. The lowest BCUT2D eigenvalue weighted by Gasteiger charge is -2.36. The monoisotopic (exact) mass is 262 g/mol. The first-order chi connectivity index (χ1) is 9.06. The van der Waals surface area contributed by atoms with E-state index in [-0.39, 0.29) is 0 Å². The van der Waals surface area contributed by atoms with Gasteiger partial charge in [-0.2, -0.15) is 0 Å². The Labute approximate surface area is 119 Å². The predicted octanol–water partition coefficient (Wildman–Crippen LogP) is 3.32. The highest BCUT2D eigenvalue weighted by molar-refractivity contribution is 5.13. The van der Waals surface area contributed by atoms with Crippen molar-refractivity contribution >= 4 is 0 Å². The van der Waals surface area contributed by atoms with Gasteiger partial charge in [-0.3, -0.25) is 4.90 Å². The minimum atomic E-state index is 0.734. The number of likely N-dealkylation sites (tertiary alicyclic amines) is 1. The smallest absolute Gasteiger partial charge is 0.0192 e. The van der Waals surface area contributed by atoms with Crippen LogP contribution in [0.25, 0.3) is 0 Å². The summed E-state index contributed by atoms with van der Waals surface area (Å²) >= 11 is 0. The number of hydrogen-bond donors (Lipinski definition) is 0. The molecule has 0 saturated carbocycles. The molecule has 0 bridgehead atoms. The van der Waals surface area contributed by atoms with Crippen molar-refractivity contribution in [3.05, 3.63) is 23.8 Å². The minimum Gasteiger partial charge on any atom is -0.306 e. The first kappa shape index (κ1) is 14.8. The second kappa shape index (κ2) is 6.71. The molecular weight excluding hydrogens is 232 g/mol. The van der Waals surface area contributed by atoms with Crippen LogP contribution >= 0.6 is 0 Å². The molecule has 2 aliphatic rings. The zero-order chi connectivity index (χ0) is 13.8. The third-order valence-corrected chi connectivity index (χ3v) is 4.97. The first-order valence-electron chi connectivity index (χ1n) is 7.78. The first-order valence-corrected chi connectivity index (χ1v) is 7.78. The average molecular weight is 262 g/mol. The van der Waals surface area contributed by atoms with Gasteiger partial charge in [0.15, 0.2) is 0 Å². The van der Waals surface area contributed by atoms with Gasteiger partial charge in [-0.15, -0.1) is 0 Å². The van der Waals surface area contributed by atoms with Gasteiger partial charge in [0, 0.05) is 12.6 Å². The zero-order valence-electron chi connectivity index (χ0n) is 13.0. The molecule has 2 rings (SSSR count). The Morgan fingerprint density at radius 2 is 2.05 bits per heavy atom. The van der Waals surface area contributed by atoms with Crippen LogP contribution in [-0.2, 0) is 0 Å². The fraction of sp³-hybridized carbons (Fsp3) is 0.765. The summed E-state index contributed by atoms with van der Waals surface area (Å²) < 4.78 is 0. The quantitative estimate of drug-likeness (QED) is 0.717. The molecule has 1 aliphatic carbocycles. The lowest BCUT2D eigenvalue weighted by Crippen LogP contribution is -2.42. The normalized spacial score (nSPS) is 26.5. The number of likely N-dealkylation sites (N-methyl/N-ethyl adjacent to an activating group) is 1. The van der Waals surface area contributed by atoms with Crippen LogP contribution in [0.2, 0.25) is 0 Å². The maximum Gasteiger partial charge on any atom is 0.0192 e. The summed E-state index contributed by atoms with van der Waals surface area (Å²) in [4.78, 5) is 5.03. The summed E-state index contributed by atoms with van der Waals surface area (Å²) in [6, 6.07) is 0.788. The van der Waals surface area contributed by atoms with Crippen LogP contribution in [0.1, 0.15) is 39.0 Å². The molecular formula is C17H30N2. The van der Waals surface area contributed by atoms with Gasteiger partial charge in [0.2, 0.25) is 0 Å². The van der Waals surface area contributed by atoms with Gasteiger partial charge in [0.25, 0.3) is 0 Å². The van der Waals surface area contributed by atoms with Crippen molar-refractivity contribution in [3.8, 4) is 0 Å². The molecule has 0 spiro atoms. The molecule has 108 valence electrons. The van der Waals surface area contributed by atoms with Crippen molar-refractivity contribution in [1.82, 2.24) is 9.80 Å². The summed E-state index contributed by atoms with van der Waals surface area (Å²) in [6.07, 6.45) is 8.93. The molecule has 1 fully saturated rings. The Morgan fingerprint density at radius 3 is 2.58 bits per heavy atom. The number of allylic oxidation sites excluding steroid dienone is 2. The van der Waals surface area contributed by atoms with Gasteiger partial charge in [-0.25, -0.2) is 0 Å². The average Bonchev–Trinajstić information content (AvgIpc) is 2.40. The van der Waals surface area contributed by atoms with Gasteiger partial charge < -0.3 is 4.90 Å². The molecule has 1 heterocycles. The Balaban J connectivity index is 1.80. The standard InChI is InChI=1S/C17H30N2/c1-14(2)16-7-5-15(6-8-16)13-19(4)17-9-11-18(3)12-10-17/h5,16-17H,1,6-13H2,2-4H3/t16-/m0/s1. The fourth-order valence-electron chi connectivity index (χ4n) is 3.36. The van der Waals surface area contributed by atoms with E-state index in [1.54, 1.807) is 5.57 Å². The molecule has 0 radical (unpaired) electrons. The lowest BCUT2D eigenvalue weighted by molar-refractivity contribution is 0.151. The highest BCUT2D eigenvalue weighted by atomic mass is 15.2. The Bertz CT molecular complexity index is 337. The van der Waals surface area contributed by atoms with Gasteiger partial charge in [0.05, 0.1) is 0 Å². The zero-order valence-corrected chi connectivity index (χ0v) is 13.0. The summed E-state index contributed by atoms with van der Waals surface area (Å²) in [5, 5.41) is 0. The van der Waals surface area contributed by atoms with Crippen molar-refractivity contribution in [1.29, 1.82) is 0 Å².